The lowest BCUT2D eigenvalue weighted by Crippen LogP contribution is -2.13. The molecule has 0 aliphatic rings. The highest BCUT2D eigenvalue weighted by atomic mass is 16.1. The first-order valence-electron chi connectivity index (χ1n) is 5.71. The van der Waals surface area contributed by atoms with Gasteiger partial charge in [0.05, 0.1) is 5.69 Å². The highest BCUT2D eigenvalue weighted by Crippen LogP contribution is 2.18. The summed E-state index contributed by atoms with van der Waals surface area (Å²) in [6, 6.07) is 13.7. The van der Waals surface area contributed by atoms with Gasteiger partial charge in [0.2, 0.25) is 5.56 Å². The zero-order valence-electron chi connectivity index (χ0n) is 10.0. The average Bonchev–Trinajstić information content (AvgIpc) is 2.28. The van der Waals surface area contributed by atoms with Crippen LogP contribution in [0.5, 0.6) is 0 Å². The number of hydrogen-bond acceptors (Lipinski definition) is 2. The maximum atomic E-state index is 11.6. The third kappa shape index (κ3) is 2.97. The van der Waals surface area contributed by atoms with E-state index in [-0.39, 0.29) is 5.56 Å². The summed E-state index contributed by atoms with van der Waals surface area (Å²) in [5.74, 6) is 0. The van der Waals surface area contributed by atoms with Crippen molar-refractivity contribution < 1.29 is 0 Å². The number of anilines is 1. The number of rotatable bonds is 3. The summed E-state index contributed by atoms with van der Waals surface area (Å²) in [4.78, 5) is 14.4. The fourth-order valence-electron chi connectivity index (χ4n) is 1.73. The molecule has 88 valence electrons. The largest absolute Gasteiger partial charge is 0.383 e. The second-order valence-corrected chi connectivity index (χ2v) is 4.31. The topological polar surface area (TPSA) is 44.9 Å². The molecule has 1 aromatic carbocycles. The summed E-state index contributed by atoms with van der Waals surface area (Å²) in [5.41, 5.74) is 2.61. The normalized spacial score (nSPS) is 10.5. The van der Waals surface area contributed by atoms with Crippen molar-refractivity contribution in [2.75, 3.05) is 5.32 Å². The van der Waals surface area contributed by atoms with Crippen molar-refractivity contribution in [2.24, 2.45) is 0 Å². The Bertz CT molecular complexity index is 544. The summed E-state index contributed by atoms with van der Waals surface area (Å²) in [6.45, 7) is 4.09. The molecular weight excluding hydrogens is 212 g/mol. The molecule has 2 aromatic rings. The van der Waals surface area contributed by atoms with E-state index in [9.17, 15) is 4.79 Å². The van der Waals surface area contributed by atoms with Gasteiger partial charge in [-0.05, 0) is 25.5 Å². The average molecular weight is 228 g/mol. The monoisotopic (exact) mass is 228 g/mol. The molecular formula is C14H16N2O. The fourth-order valence-corrected chi connectivity index (χ4v) is 1.73. The Balaban J connectivity index is 2.42. The van der Waals surface area contributed by atoms with Gasteiger partial charge in [-0.25, -0.2) is 0 Å². The fraction of sp³-hybridized carbons (Fsp3) is 0.214. The minimum absolute atomic E-state index is 0.0884. The predicted octanol–water partition coefficient (Wildman–Crippen LogP) is 2.86. The lowest BCUT2D eigenvalue weighted by Gasteiger charge is -2.11. The summed E-state index contributed by atoms with van der Waals surface area (Å²) >= 11 is 0. The number of nitrogens with one attached hydrogen (secondary N) is 2. The Morgan fingerprint density at radius 3 is 2.47 bits per heavy atom. The Labute approximate surface area is 101 Å². The number of hydrogen-bond donors (Lipinski definition) is 2. The summed E-state index contributed by atoms with van der Waals surface area (Å²) in [5, 5.41) is 3.24. The zero-order chi connectivity index (χ0) is 12.3. The van der Waals surface area contributed by atoms with Crippen LogP contribution in [-0.2, 0) is 0 Å². The number of pyridine rings is 1. The zero-order valence-corrected chi connectivity index (χ0v) is 10.0. The van der Waals surface area contributed by atoms with E-state index in [4.69, 9.17) is 0 Å². The summed E-state index contributed by atoms with van der Waals surface area (Å²) < 4.78 is 0. The molecule has 0 fully saturated rings. The Morgan fingerprint density at radius 1 is 1.12 bits per heavy atom. The lowest BCUT2D eigenvalue weighted by molar-refractivity contribution is 0.898. The molecule has 0 saturated heterocycles. The van der Waals surface area contributed by atoms with Crippen LogP contribution in [0, 0.1) is 0 Å². The van der Waals surface area contributed by atoms with E-state index in [1.54, 1.807) is 6.07 Å². The van der Waals surface area contributed by atoms with E-state index in [1.807, 2.05) is 50.2 Å². The standard InChI is InChI=1S/C14H16N2O/c1-10(2)15-12-8-13(16-14(17)9-12)11-6-4-3-5-7-11/h3-10H,1-2H3,(H2,15,16,17). The van der Waals surface area contributed by atoms with Crippen LogP contribution in [0.25, 0.3) is 11.3 Å². The quantitative estimate of drug-likeness (QED) is 0.848. The van der Waals surface area contributed by atoms with Gasteiger partial charge in [0.15, 0.2) is 0 Å². The van der Waals surface area contributed by atoms with Gasteiger partial charge in [-0.1, -0.05) is 30.3 Å². The Morgan fingerprint density at radius 2 is 1.82 bits per heavy atom. The van der Waals surface area contributed by atoms with Gasteiger partial charge in [0.1, 0.15) is 0 Å². The molecule has 0 aliphatic carbocycles. The second kappa shape index (κ2) is 4.87. The highest BCUT2D eigenvalue weighted by Gasteiger charge is 2.02. The SMILES string of the molecule is CC(C)Nc1cc(-c2ccccc2)[nH]c(=O)c1. The van der Waals surface area contributed by atoms with Gasteiger partial charge < -0.3 is 10.3 Å². The van der Waals surface area contributed by atoms with Crippen LogP contribution in [0.1, 0.15) is 13.8 Å². The summed E-state index contributed by atoms with van der Waals surface area (Å²) in [6.07, 6.45) is 0. The molecule has 0 aliphatic heterocycles. The first-order chi connectivity index (χ1) is 8.15. The van der Waals surface area contributed by atoms with Gasteiger partial charge in [0, 0.05) is 17.8 Å². The minimum atomic E-state index is -0.0884. The van der Waals surface area contributed by atoms with Crippen molar-refractivity contribution in [3.63, 3.8) is 0 Å². The van der Waals surface area contributed by atoms with E-state index < -0.39 is 0 Å². The van der Waals surface area contributed by atoms with Crippen LogP contribution >= 0.6 is 0 Å². The van der Waals surface area contributed by atoms with Gasteiger partial charge in [0.25, 0.3) is 0 Å². The van der Waals surface area contributed by atoms with E-state index in [1.165, 1.54) is 0 Å². The minimum Gasteiger partial charge on any atom is -0.383 e. The number of aromatic amines is 1. The number of H-pyrrole nitrogens is 1. The molecule has 0 unspecified atom stereocenters. The molecule has 0 atom stereocenters. The smallest absolute Gasteiger partial charge is 0.250 e. The van der Waals surface area contributed by atoms with Gasteiger partial charge in [-0.15, -0.1) is 0 Å². The highest BCUT2D eigenvalue weighted by molar-refractivity contribution is 5.63. The van der Waals surface area contributed by atoms with E-state index in [2.05, 4.69) is 10.3 Å². The van der Waals surface area contributed by atoms with Crippen molar-refractivity contribution in [3.05, 3.63) is 52.8 Å². The van der Waals surface area contributed by atoms with E-state index in [0.29, 0.717) is 6.04 Å². The molecule has 3 heteroatoms. The van der Waals surface area contributed by atoms with Crippen LogP contribution in [0.4, 0.5) is 5.69 Å². The van der Waals surface area contributed by atoms with Crippen molar-refractivity contribution >= 4 is 5.69 Å². The van der Waals surface area contributed by atoms with Crippen molar-refractivity contribution in [3.8, 4) is 11.3 Å². The molecule has 0 spiro atoms. The molecule has 2 N–H and O–H groups in total. The molecule has 1 aromatic heterocycles. The van der Waals surface area contributed by atoms with Crippen LogP contribution in [0.15, 0.2) is 47.3 Å². The van der Waals surface area contributed by atoms with Crippen LogP contribution < -0.4 is 10.9 Å². The van der Waals surface area contributed by atoms with Crippen LogP contribution in [0.2, 0.25) is 0 Å². The number of benzene rings is 1. The summed E-state index contributed by atoms with van der Waals surface area (Å²) in [7, 11) is 0. The first-order valence-corrected chi connectivity index (χ1v) is 5.71. The second-order valence-electron chi connectivity index (χ2n) is 4.31. The maximum Gasteiger partial charge on any atom is 0.250 e. The van der Waals surface area contributed by atoms with Gasteiger partial charge in [-0.2, -0.15) is 0 Å². The molecule has 3 nitrogen and oxygen atoms in total. The third-order valence-electron chi connectivity index (χ3n) is 2.38. The molecule has 0 radical (unpaired) electrons. The van der Waals surface area contributed by atoms with Gasteiger partial charge >= 0.3 is 0 Å². The number of aromatic nitrogens is 1. The van der Waals surface area contributed by atoms with E-state index >= 15 is 0 Å². The molecule has 0 amide bonds. The van der Waals surface area contributed by atoms with Crippen molar-refractivity contribution in [1.82, 2.24) is 4.98 Å². The van der Waals surface area contributed by atoms with Crippen molar-refractivity contribution in [2.45, 2.75) is 19.9 Å². The molecule has 0 saturated carbocycles. The molecule has 1 heterocycles. The van der Waals surface area contributed by atoms with Crippen LogP contribution in [-0.4, -0.2) is 11.0 Å². The Hall–Kier alpha value is -2.03. The van der Waals surface area contributed by atoms with Gasteiger partial charge in [-0.3, -0.25) is 4.79 Å². The third-order valence-corrected chi connectivity index (χ3v) is 2.38. The predicted molar refractivity (Wildman–Crippen MR) is 71.3 cm³/mol. The lowest BCUT2D eigenvalue weighted by atomic mass is 10.1. The van der Waals surface area contributed by atoms with Crippen molar-refractivity contribution in [1.29, 1.82) is 0 Å². The first kappa shape index (κ1) is 11.5. The maximum absolute atomic E-state index is 11.6. The van der Waals surface area contributed by atoms with E-state index in [0.717, 1.165) is 16.9 Å². The molecule has 0 bridgehead atoms. The molecule has 2 rings (SSSR count). The Kier molecular flexibility index (Phi) is 3.28. The molecule has 17 heavy (non-hydrogen) atoms. The van der Waals surface area contributed by atoms with Crippen LogP contribution in [0.3, 0.4) is 0 Å².